The van der Waals surface area contributed by atoms with Gasteiger partial charge in [-0.2, -0.15) is 0 Å². The molecule has 0 aliphatic heterocycles. The van der Waals surface area contributed by atoms with E-state index in [1.165, 1.54) is 23.3 Å². The molecule has 2 N–H and O–H groups in total. The second-order valence-corrected chi connectivity index (χ2v) is 5.58. The average Bonchev–Trinajstić information content (AvgIpc) is 2.46. The molecule has 0 aliphatic carbocycles. The Hall–Kier alpha value is -1.67. The highest BCUT2D eigenvalue weighted by Gasteiger charge is 2.11. The molecule has 2 rings (SSSR count). The van der Waals surface area contributed by atoms with Gasteiger partial charge in [-0.25, -0.2) is 4.39 Å². The maximum absolute atomic E-state index is 13.0. The summed E-state index contributed by atoms with van der Waals surface area (Å²) in [5.41, 5.74) is 9.59. The second-order valence-electron chi connectivity index (χ2n) is 5.58. The van der Waals surface area contributed by atoms with E-state index in [1.807, 2.05) is 12.1 Å². The maximum Gasteiger partial charge on any atom is 0.123 e. The highest BCUT2D eigenvalue weighted by atomic mass is 19.1. The van der Waals surface area contributed by atoms with E-state index in [1.54, 1.807) is 0 Å². The van der Waals surface area contributed by atoms with E-state index in [0.29, 0.717) is 12.5 Å². The van der Waals surface area contributed by atoms with Crippen molar-refractivity contribution in [3.8, 4) is 0 Å². The first-order valence-electron chi connectivity index (χ1n) is 7.14. The third-order valence-corrected chi connectivity index (χ3v) is 3.75. The Balaban J connectivity index is 2.11. The minimum absolute atomic E-state index is 0.203. The quantitative estimate of drug-likeness (QED) is 0.865. The fraction of sp³-hybridized carbons (Fsp3) is 0.333. The van der Waals surface area contributed by atoms with E-state index in [2.05, 4.69) is 38.1 Å². The molecule has 0 aliphatic rings. The molecule has 106 valence electrons. The summed E-state index contributed by atoms with van der Waals surface area (Å²) in [6.45, 7) is 4.95. The largest absolute Gasteiger partial charge is 0.330 e. The average molecular weight is 271 g/mol. The number of hydrogen-bond acceptors (Lipinski definition) is 1. The number of rotatable bonds is 5. The molecule has 0 bridgehead atoms. The Morgan fingerprint density at radius 1 is 0.900 bits per heavy atom. The van der Waals surface area contributed by atoms with Crippen molar-refractivity contribution in [2.45, 2.75) is 32.1 Å². The summed E-state index contributed by atoms with van der Waals surface area (Å²) in [5.74, 6) is 0.581. The van der Waals surface area contributed by atoms with Crippen LogP contribution in [-0.4, -0.2) is 6.54 Å². The molecule has 0 amide bonds. The van der Waals surface area contributed by atoms with Gasteiger partial charge in [-0.3, -0.25) is 0 Å². The van der Waals surface area contributed by atoms with Crippen LogP contribution in [0.2, 0.25) is 0 Å². The fourth-order valence-electron chi connectivity index (χ4n) is 2.40. The van der Waals surface area contributed by atoms with Gasteiger partial charge in [-0.15, -0.1) is 0 Å². The Morgan fingerprint density at radius 3 is 1.95 bits per heavy atom. The van der Waals surface area contributed by atoms with Gasteiger partial charge in [0.1, 0.15) is 5.82 Å². The number of benzene rings is 2. The molecule has 0 aromatic heterocycles. The maximum atomic E-state index is 13.0. The van der Waals surface area contributed by atoms with Crippen LogP contribution in [0.15, 0.2) is 48.5 Å². The molecule has 0 saturated heterocycles. The number of hydrogen-bond donors (Lipinski definition) is 1. The first-order valence-corrected chi connectivity index (χ1v) is 7.14. The van der Waals surface area contributed by atoms with E-state index in [-0.39, 0.29) is 11.7 Å². The van der Waals surface area contributed by atoms with Gasteiger partial charge in [-0.1, -0.05) is 50.2 Å². The van der Waals surface area contributed by atoms with Crippen molar-refractivity contribution in [1.82, 2.24) is 0 Å². The van der Waals surface area contributed by atoms with Gasteiger partial charge in [0, 0.05) is 5.92 Å². The molecule has 0 radical (unpaired) electrons. The zero-order valence-corrected chi connectivity index (χ0v) is 12.1. The molecule has 1 nitrogen and oxygen atoms in total. The minimum Gasteiger partial charge on any atom is -0.330 e. The van der Waals surface area contributed by atoms with Crippen LogP contribution in [0.5, 0.6) is 0 Å². The zero-order valence-electron chi connectivity index (χ0n) is 12.1. The van der Waals surface area contributed by atoms with Crippen LogP contribution in [-0.2, 0) is 6.42 Å². The lowest BCUT2D eigenvalue weighted by molar-refractivity contribution is 0.623. The first-order chi connectivity index (χ1) is 9.60. The van der Waals surface area contributed by atoms with Gasteiger partial charge >= 0.3 is 0 Å². The van der Waals surface area contributed by atoms with Gasteiger partial charge in [-0.05, 0) is 47.7 Å². The third-order valence-electron chi connectivity index (χ3n) is 3.75. The highest BCUT2D eigenvalue weighted by molar-refractivity contribution is 5.28. The van der Waals surface area contributed by atoms with Gasteiger partial charge in [0.15, 0.2) is 0 Å². The summed E-state index contributed by atoms with van der Waals surface area (Å²) in [5, 5.41) is 0. The Labute approximate surface area is 120 Å². The first kappa shape index (κ1) is 14.7. The second kappa shape index (κ2) is 6.67. The van der Waals surface area contributed by atoms with Gasteiger partial charge in [0.25, 0.3) is 0 Å². The zero-order chi connectivity index (χ0) is 14.5. The Kier molecular flexibility index (Phi) is 4.91. The van der Waals surface area contributed by atoms with E-state index in [0.717, 1.165) is 12.0 Å². The third kappa shape index (κ3) is 3.67. The van der Waals surface area contributed by atoms with E-state index in [9.17, 15) is 4.39 Å². The monoisotopic (exact) mass is 271 g/mol. The SMILES string of the molecule is CC(C)c1ccc(CC(CN)c2ccc(F)cc2)cc1. The lowest BCUT2D eigenvalue weighted by Crippen LogP contribution is -2.15. The molecule has 0 spiro atoms. The Bertz CT molecular complexity index is 528. The predicted molar refractivity (Wildman–Crippen MR) is 82.4 cm³/mol. The molecule has 20 heavy (non-hydrogen) atoms. The van der Waals surface area contributed by atoms with E-state index < -0.39 is 0 Å². The van der Waals surface area contributed by atoms with Crippen LogP contribution in [0.4, 0.5) is 4.39 Å². The standard InChI is InChI=1S/C18H22FN/c1-13(2)15-5-3-14(4-6-15)11-17(12-20)16-7-9-18(19)10-8-16/h3-10,13,17H,11-12,20H2,1-2H3. The molecule has 2 aromatic rings. The van der Waals surface area contributed by atoms with Crippen molar-refractivity contribution in [2.75, 3.05) is 6.54 Å². The highest BCUT2D eigenvalue weighted by Crippen LogP contribution is 2.22. The normalized spacial score (nSPS) is 12.7. The van der Waals surface area contributed by atoms with E-state index >= 15 is 0 Å². The predicted octanol–water partition coefficient (Wildman–Crippen LogP) is 4.23. The van der Waals surface area contributed by atoms with Crippen molar-refractivity contribution in [1.29, 1.82) is 0 Å². The summed E-state index contributed by atoms with van der Waals surface area (Å²) in [6.07, 6.45) is 0.889. The lowest BCUT2D eigenvalue weighted by Gasteiger charge is -2.16. The van der Waals surface area contributed by atoms with Gasteiger partial charge in [0.05, 0.1) is 0 Å². The minimum atomic E-state index is -0.203. The summed E-state index contributed by atoms with van der Waals surface area (Å²) < 4.78 is 13.0. The van der Waals surface area contributed by atoms with Crippen LogP contribution in [0, 0.1) is 5.82 Å². The molecule has 0 fully saturated rings. The summed E-state index contributed by atoms with van der Waals surface area (Å²) in [6, 6.07) is 15.4. The van der Waals surface area contributed by atoms with Crippen LogP contribution in [0.25, 0.3) is 0 Å². The fourth-order valence-corrected chi connectivity index (χ4v) is 2.40. The molecule has 0 heterocycles. The summed E-state index contributed by atoms with van der Waals surface area (Å²) >= 11 is 0. The Morgan fingerprint density at radius 2 is 1.45 bits per heavy atom. The lowest BCUT2D eigenvalue weighted by atomic mass is 9.91. The summed E-state index contributed by atoms with van der Waals surface area (Å²) in [7, 11) is 0. The van der Waals surface area contributed by atoms with Gasteiger partial charge < -0.3 is 5.73 Å². The van der Waals surface area contributed by atoms with Crippen molar-refractivity contribution in [3.63, 3.8) is 0 Å². The smallest absolute Gasteiger partial charge is 0.123 e. The van der Waals surface area contributed by atoms with Crippen LogP contribution >= 0.6 is 0 Å². The van der Waals surface area contributed by atoms with E-state index in [4.69, 9.17) is 5.73 Å². The van der Waals surface area contributed by atoms with Crippen LogP contribution < -0.4 is 5.73 Å². The molecule has 1 atom stereocenters. The molecular weight excluding hydrogens is 249 g/mol. The molecule has 2 heteroatoms. The summed E-state index contributed by atoms with van der Waals surface area (Å²) in [4.78, 5) is 0. The van der Waals surface area contributed by atoms with Crippen molar-refractivity contribution >= 4 is 0 Å². The number of halogens is 1. The van der Waals surface area contributed by atoms with Gasteiger partial charge in [0.2, 0.25) is 0 Å². The van der Waals surface area contributed by atoms with Crippen LogP contribution in [0.3, 0.4) is 0 Å². The number of nitrogens with two attached hydrogens (primary N) is 1. The molecule has 0 saturated carbocycles. The molecule has 2 aromatic carbocycles. The molecule has 1 unspecified atom stereocenters. The van der Waals surface area contributed by atoms with Crippen molar-refractivity contribution < 1.29 is 4.39 Å². The van der Waals surface area contributed by atoms with Crippen molar-refractivity contribution in [3.05, 3.63) is 71.0 Å². The molecular formula is C18H22FN. The van der Waals surface area contributed by atoms with Crippen LogP contribution in [0.1, 0.15) is 42.4 Å². The topological polar surface area (TPSA) is 26.0 Å². The van der Waals surface area contributed by atoms with Crippen molar-refractivity contribution in [2.24, 2.45) is 5.73 Å².